The van der Waals surface area contributed by atoms with Gasteiger partial charge in [0.15, 0.2) is 0 Å². The summed E-state index contributed by atoms with van der Waals surface area (Å²) in [5.74, 6) is 0.643. The van der Waals surface area contributed by atoms with Gasteiger partial charge >= 0.3 is 0 Å². The number of ether oxygens (including phenoxy) is 1. The van der Waals surface area contributed by atoms with Crippen LogP contribution in [0.25, 0.3) is 0 Å². The maximum atomic E-state index is 12.1. The second kappa shape index (κ2) is 6.70. The fourth-order valence-corrected chi connectivity index (χ4v) is 1.82. The molecule has 0 unspecified atom stereocenters. The molecule has 0 atom stereocenters. The van der Waals surface area contributed by atoms with Gasteiger partial charge in [0.2, 0.25) is 0 Å². The molecule has 0 saturated carbocycles. The van der Waals surface area contributed by atoms with E-state index in [1.54, 1.807) is 25.0 Å². The molecule has 1 rings (SSSR count). The molecule has 0 radical (unpaired) electrons. The Hall–Kier alpha value is -0.810. The number of alkyl halides is 1. The number of rotatable bonds is 6. The van der Waals surface area contributed by atoms with E-state index >= 15 is 0 Å². The third kappa shape index (κ3) is 3.35. The first kappa shape index (κ1) is 13.3. The maximum absolute atomic E-state index is 12.1. The van der Waals surface area contributed by atoms with E-state index < -0.39 is 0 Å². The fraction of sp³-hybridized carbons (Fsp3) is 0.545. The number of hydrogen-bond acceptors (Lipinski definition) is 3. The molecule has 0 bridgehead atoms. The van der Waals surface area contributed by atoms with Crippen molar-refractivity contribution in [3.63, 3.8) is 0 Å². The summed E-state index contributed by atoms with van der Waals surface area (Å²) in [6.45, 7) is 3.57. The van der Waals surface area contributed by atoms with Crippen LogP contribution in [0.15, 0.2) is 16.7 Å². The standard InChI is InChI=1S/C11H16BrNO3/c1-9-10(3-7-16-9)11(14)13(5-4-12)6-8-15-2/h3,7H,4-6,8H2,1-2H3. The quantitative estimate of drug-likeness (QED) is 0.753. The molecular formula is C11H16BrNO3. The van der Waals surface area contributed by atoms with Crippen LogP contribution in [0.3, 0.4) is 0 Å². The number of methoxy groups -OCH3 is 1. The number of hydrogen-bond donors (Lipinski definition) is 0. The summed E-state index contributed by atoms with van der Waals surface area (Å²) in [6.07, 6.45) is 1.53. The Morgan fingerprint density at radius 3 is 2.81 bits per heavy atom. The summed E-state index contributed by atoms with van der Waals surface area (Å²) < 4.78 is 10.1. The van der Waals surface area contributed by atoms with Gasteiger partial charge in [-0.2, -0.15) is 0 Å². The van der Waals surface area contributed by atoms with Gasteiger partial charge in [0.1, 0.15) is 5.76 Å². The number of carbonyl (C=O) groups is 1. The summed E-state index contributed by atoms with van der Waals surface area (Å²) in [4.78, 5) is 13.9. The highest BCUT2D eigenvalue weighted by Gasteiger charge is 2.18. The Kier molecular flexibility index (Phi) is 5.55. The van der Waals surface area contributed by atoms with E-state index in [2.05, 4.69) is 15.9 Å². The van der Waals surface area contributed by atoms with Crippen LogP contribution >= 0.6 is 15.9 Å². The average Bonchev–Trinajstić information content (AvgIpc) is 2.69. The molecule has 5 heteroatoms. The van der Waals surface area contributed by atoms with E-state index in [1.165, 1.54) is 6.26 Å². The second-order valence-electron chi connectivity index (χ2n) is 3.36. The third-order valence-corrected chi connectivity index (χ3v) is 2.65. The largest absolute Gasteiger partial charge is 0.469 e. The van der Waals surface area contributed by atoms with E-state index in [1.807, 2.05) is 0 Å². The third-order valence-electron chi connectivity index (χ3n) is 2.30. The number of halogens is 1. The van der Waals surface area contributed by atoms with Crippen molar-refractivity contribution in [3.8, 4) is 0 Å². The van der Waals surface area contributed by atoms with Gasteiger partial charge in [-0.25, -0.2) is 0 Å². The summed E-state index contributed by atoms with van der Waals surface area (Å²) in [7, 11) is 1.62. The van der Waals surface area contributed by atoms with Crippen molar-refractivity contribution >= 4 is 21.8 Å². The number of aryl methyl sites for hydroxylation is 1. The number of furan rings is 1. The van der Waals surface area contributed by atoms with Crippen LogP contribution in [0.1, 0.15) is 16.1 Å². The topological polar surface area (TPSA) is 42.7 Å². The van der Waals surface area contributed by atoms with Crippen LogP contribution in [0.2, 0.25) is 0 Å². The Labute approximate surface area is 104 Å². The Morgan fingerprint density at radius 2 is 2.31 bits per heavy atom. The predicted molar refractivity (Wildman–Crippen MR) is 65.0 cm³/mol. The van der Waals surface area contributed by atoms with Crippen LogP contribution in [0, 0.1) is 6.92 Å². The molecule has 0 spiro atoms. The molecule has 1 aromatic rings. The van der Waals surface area contributed by atoms with Gasteiger partial charge in [-0.3, -0.25) is 4.79 Å². The highest BCUT2D eigenvalue weighted by atomic mass is 79.9. The second-order valence-corrected chi connectivity index (χ2v) is 4.16. The lowest BCUT2D eigenvalue weighted by Gasteiger charge is -2.20. The van der Waals surface area contributed by atoms with Crippen LogP contribution in [0.4, 0.5) is 0 Å². The minimum absolute atomic E-state index is 0.0113. The van der Waals surface area contributed by atoms with Crippen molar-refractivity contribution in [1.82, 2.24) is 4.90 Å². The minimum Gasteiger partial charge on any atom is -0.469 e. The predicted octanol–water partition coefficient (Wildman–Crippen LogP) is 2.07. The first-order valence-corrected chi connectivity index (χ1v) is 6.21. The van der Waals surface area contributed by atoms with Crippen molar-refractivity contribution in [2.75, 3.05) is 32.1 Å². The highest BCUT2D eigenvalue weighted by molar-refractivity contribution is 9.09. The fourth-order valence-electron chi connectivity index (χ4n) is 1.40. The van der Waals surface area contributed by atoms with Crippen molar-refractivity contribution in [1.29, 1.82) is 0 Å². The molecule has 0 aliphatic carbocycles. The number of amides is 1. The first-order valence-electron chi connectivity index (χ1n) is 5.09. The Morgan fingerprint density at radius 1 is 1.56 bits per heavy atom. The minimum atomic E-state index is -0.0113. The zero-order valence-electron chi connectivity index (χ0n) is 9.53. The van der Waals surface area contributed by atoms with Gasteiger partial charge in [-0.05, 0) is 13.0 Å². The molecule has 16 heavy (non-hydrogen) atoms. The highest BCUT2D eigenvalue weighted by Crippen LogP contribution is 2.12. The molecule has 0 aromatic carbocycles. The summed E-state index contributed by atoms with van der Waals surface area (Å²) >= 11 is 3.33. The lowest BCUT2D eigenvalue weighted by molar-refractivity contribution is 0.0707. The normalized spacial score (nSPS) is 10.4. The maximum Gasteiger partial charge on any atom is 0.257 e. The lowest BCUT2D eigenvalue weighted by Crippen LogP contribution is -2.35. The van der Waals surface area contributed by atoms with Gasteiger partial charge in [-0.1, -0.05) is 15.9 Å². The molecule has 0 aliphatic rings. The smallest absolute Gasteiger partial charge is 0.257 e. The molecule has 0 aliphatic heterocycles. The first-order chi connectivity index (χ1) is 7.70. The number of carbonyl (C=O) groups excluding carboxylic acids is 1. The average molecular weight is 290 g/mol. The molecular weight excluding hydrogens is 274 g/mol. The molecule has 0 fully saturated rings. The Balaban J connectivity index is 2.70. The zero-order chi connectivity index (χ0) is 12.0. The van der Waals surface area contributed by atoms with Gasteiger partial charge < -0.3 is 14.1 Å². The van der Waals surface area contributed by atoms with Gasteiger partial charge in [0, 0.05) is 25.5 Å². The molecule has 0 saturated heterocycles. The van der Waals surface area contributed by atoms with E-state index in [0.717, 1.165) is 5.33 Å². The molecule has 1 aromatic heterocycles. The summed E-state index contributed by atoms with van der Waals surface area (Å²) in [6, 6.07) is 1.70. The zero-order valence-corrected chi connectivity index (χ0v) is 11.1. The SMILES string of the molecule is COCCN(CCBr)C(=O)c1ccoc1C. The van der Waals surface area contributed by atoms with E-state index in [9.17, 15) is 4.79 Å². The van der Waals surface area contributed by atoms with Gasteiger partial charge in [0.05, 0.1) is 18.4 Å². The molecule has 90 valence electrons. The van der Waals surface area contributed by atoms with E-state index in [4.69, 9.17) is 9.15 Å². The molecule has 1 heterocycles. The Bertz CT molecular complexity index is 338. The molecule has 4 nitrogen and oxygen atoms in total. The number of nitrogens with zero attached hydrogens (tertiary/aromatic N) is 1. The van der Waals surface area contributed by atoms with Crippen molar-refractivity contribution in [2.45, 2.75) is 6.92 Å². The lowest BCUT2D eigenvalue weighted by atomic mass is 10.2. The summed E-state index contributed by atoms with van der Waals surface area (Å²) in [5, 5.41) is 0.749. The monoisotopic (exact) mass is 289 g/mol. The summed E-state index contributed by atoms with van der Waals surface area (Å²) in [5.41, 5.74) is 0.622. The molecule has 1 amide bonds. The van der Waals surface area contributed by atoms with Gasteiger partial charge in [0.25, 0.3) is 5.91 Å². The van der Waals surface area contributed by atoms with E-state index in [-0.39, 0.29) is 5.91 Å². The van der Waals surface area contributed by atoms with Crippen LogP contribution in [-0.4, -0.2) is 42.9 Å². The van der Waals surface area contributed by atoms with Crippen LogP contribution in [-0.2, 0) is 4.74 Å². The van der Waals surface area contributed by atoms with Crippen molar-refractivity contribution in [3.05, 3.63) is 23.7 Å². The van der Waals surface area contributed by atoms with Crippen molar-refractivity contribution < 1.29 is 13.9 Å². The van der Waals surface area contributed by atoms with Crippen molar-refractivity contribution in [2.24, 2.45) is 0 Å². The van der Waals surface area contributed by atoms with E-state index in [0.29, 0.717) is 31.0 Å². The van der Waals surface area contributed by atoms with Crippen LogP contribution in [0.5, 0.6) is 0 Å². The molecule has 0 N–H and O–H groups in total. The van der Waals surface area contributed by atoms with Gasteiger partial charge in [-0.15, -0.1) is 0 Å². The van der Waals surface area contributed by atoms with Crippen LogP contribution < -0.4 is 0 Å².